The van der Waals surface area contributed by atoms with Gasteiger partial charge in [-0.25, -0.2) is 4.79 Å². The van der Waals surface area contributed by atoms with Crippen LogP contribution in [0.2, 0.25) is 0 Å². The lowest BCUT2D eigenvalue weighted by molar-refractivity contribution is 0.146. The van der Waals surface area contributed by atoms with Crippen molar-refractivity contribution in [3.8, 4) is 5.75 Å². The highest BCUT2D eigenvalue weighted by molar-refractivity contribution is 5.91. The van der Waals surface area contributed by atoms with Crippen LogP contribution in [0, 0.1) is 0 Å². The zero-order chi connectivity index (χ0) is 18.9. The van der Waals surface area contributed by atoms with Crippen LogP contribution in [0.3, 0.4) is 0 Å². The molecule has 2 aromatic rings. The number of rotatable bonds is 8. The molecule has 1 aliphatic heterocycles. The van der Waals surface area contributed by atoms with Crippen LogP contribution in [0.5, 0.6) is 5.75 Å². The fourth-order valence-electron chi connectivity index (χ4n) is 3.13. The van der Waals surface area contributed by atoms with Crippen molar-refractivity contribution in [1.82, 2.24) is 10.2 Å². The number of para-hydroxylation sites is 2. The van der Waals surface area contributed by atoms with Crippen molar-refractivity contribution in [2.75, 3.05) is 38.7 Å². The number of methoxy groups -OCH3 is 1. The van der Waals surface area contributed by atoms with E-state index in [0.29, 0.717) is 24.7 Å². The van der Waals surface area contributed by atoms with Crippen LogP contribution in [-0.2, 0) is 11.3 Å². The first-order chi connectivity index (χ1) is 13.2. The summed E-state index contributed by atoms with van der Waals surface area (Å²) in [6.45, 7) is 3.62. The third-order valence-corrected chi connectivity index (χ3v) is 4.56. The average molecular weight is 373 g/mol. The molecule has 2 N–H and O–H groups in total. The summed E-state index contributed by atoms with van der Waals surface area (Å²) in [7, 11) is 1.63. The van der Waals surface area contributed by atoms with E-state index >= 15 is 0 Å². The molecule has 3 rings (SSSR count). The van der Waals surface area contributed by atoms with Gasteiger partial charge in [-0.1, -0.05) is 12.1 Å². The number of nitrogens with zero attached hydrogens (tertiary/aromatic N) is 1. The maximum atomic E-state index is 12.4. The molecule has 0 unspecified atom stereocenters. The van der Waals surface area contributed by atoms with Crippen LogP contribution < -0.4 is 15.4 Å². The summed E-state index contributed by atoms with van der Waals surface area (Å²) < 4.78 is 16.0. The molecular weight excluding hydrogens is 346 g/mol. The predicted octanol–water partition coefficient (Wildman–Crippen LogP) is 3.09. The summed E-state index contributed by atoms with van der Waals surface area (Å²) in [4.78, 5) is 14.7. The first-order valence-electron chi connectivity index (χ1n) is 9.27. The SMILES string of the molecule is COCCOc1ccccc1NC(=O)NC1CCN(Cc2ccco2)CC1. The van der Waals surface area contributed by atoms with Gasteiger partial charge < -0.3 is 24.5 Å². The van der Waals surface area contributed by atoms with Crippen molar-refractivity contribution in [1.29, 1.82) is 0 Å². The zero-order valence-corrected chi connectivity index (χ0v) is 15.6. The van der Waals surface area contributed by atoms with E-state index in [4.69, 9.17) is 13.9 Å². The van der Waals surface area contributed by atoms with Gasteiger partial charge in [0.1, 0.15) is 18.1 Å². The van der Waals surface area contributed by atoms with Crippen LogP contribution in [0.4, 0.5) is 10.5 Å². The first-order valence-corrected chi connectivity index (χ1v) is 9.27. The number of nitrogens with one attached hydrogen (secondary N) is 2. The lowest BCUT2D eigenvalue weighted by Crippen LogP contribution is -2.45. The van der Waals surface area contributed by atoms with E-state index in [9.17, 15) is 4.79 Å². The average Bonchev–Trinajstić information content (AvgIpc) is 3.18. The zero-order valence-electron chi connectivity index (χ0n) is 15.6. The molecule has 27 heavy (non-hydrogen) atoms. The van der Waals surface area contributed by atoms with Gasteiger partial charge in [-0.3, -0.25) is 4.90 Å². The number of ether oxygens (including phenoxy) is 2. The molecule has 2 amide bonds. The van der Waals surface area contributed by atoms with Crippen LogP contribution in [0.1, 0.15) is 18.6 Å². The first kappa shape index (κ1) is 19.3. The van der Waals surface area contributed by atoms with Gasteiger partial charge in [0.2, 0.25) is 0 Å². The second-order valence-electron chi connectivity index (χ2n) is 6.57. The number of hydrogen-bond donors (Lipinski definition) is 2. The molecule has 2 heterocycles. The lowest BCUT2D eigenvalue weighted by Gasteiger charge is -2.31. The molecule has 146 valence electrons. The van der Waals surface area contributed by atoms with Gasteiger partial charge in [-0.05, 0) is 37.1 Å². The lowest BCUT2D eigenvalue weighted by atomic mass is 10.1. The second-order valence-corrected chi connectivity index (χ2v) is 6.57. The molecule has 0 atom stereocenters. The van der Waals surface area contributed by atoms with Gasteiger partial charge in [0.25, 0.3) is 0 Å². The highest BCUT2D eigenvalue weighted by Gasteiger charge is 2.21. The van der Waals surface area contributed by atoms with Gasteiger partial charge in [-0.15, -0.1) is 0 Å². The van der Waals surface area contributed by atoms with E-state index in [0.717, 1.165) is 38.2 Å². The minimum Gasteiger partial charge on any atom is -0.489 e. The fraction of sp³-hybridized carbons (Fsp3) is 0.450. The van der Waals surface area contributed by atoms with E-state index in [-0.39, 0.29) is 12.1 Å². The minimum atomic E-state index is -0.206. The molecule has 0 saturated carbocycles. The summed E-state index contributed by atoms with van der Waals surface area (Å²) in [5, 5.41) is 5.95. The number of benzene rings is 1. The number of amides is 2. The van der Waals surface area contributed by atoms with E-state index in [1.165, 1.54) is 0 Å². The Kier molecular flexibility index (Phi) is 7.12. The molecule has 1 aromatic carbocycles. The third-order valence-electron chi connectivity index (χ3n) is 4.56. The molecule has 0 spiro atoms. The van der Waals surface area contributed by atoms with Crippen LogP contribution in [-0.4, -0.2) is 50.4 Å². The monoisotopic (exact) mass is 373 g/mol. The summed E-state index contributed by atoms with van der Waals surface area (Å²) >= 11 is 0. The third kappa shape index (κ3) is 6.01. The Labute approximate surface area is 159 Å². The van der Waals surface area contributed by atoms with Gasteiger partial charge in [0, 0.05) is 26.2 Å². The summed E-state index contributed by atoms with van der Waals surface area (Å²) in [5.74, 6) is 1.61. The molecular formula is C20H27N3O4. The Bertz CT molecular complexity index is 697. The number of piperidine rings is 1. The molecule has 0 radical (unpaired) electrons. The molecule has 0 aliphatic carbocycles. The Morgan fingerprint density at radius 2 is 2.00 bits per heavy atom. The Hall–Kier alpha value is -2.51. The van der Waals surface area contributed by atoms with Gasteiger partial charge in [0.05, 0.1) is 25.1 Å². The van der Waals surface area contributed by atoms with Crippen molar-refractivity contribution in [3.63, 3.8) is 0 Å². The number of anilines is 1. The van der Waals surface area contributed by atoms with Crippen molar-refractivity contribution >= 4 is 11.7 Å². The molecule has 1 saturated heterocycles. The number of carbonyl (C=O) groups is 1. The number of urea groups is 1. The standard InChI is InChI=1S/C20H27N3O4/c1-25-13-14-27-19-7-3-2-6-18(19)22-20(24)21-16-8-10-23(11-9-16)15-17-5-4-12-26-17/h2-7,12,16H,8-11,13-15H2,1H3,(H2,21,22,24). The van der Waals surface area contributed by atoms with Crippen LogP contribution in [0.15, 0.2) is 47.1 Å². The number of likely N-dealkylation sites (tertiary alicyclic amines) is 1. The van der Waals surface area contributed by atoms with Crippen LogP contribution in [0.25, 0.3) is 0 Å². The topological polar surface area (TPSA) is 76.0 Å². The van der Waals surface area contributed by atoms with Gasteiger partial charge >= 0.3 is 6.03 Å². The number of furan rings is 1. The Balaban J connectivity index is 1.43. The second kappa shape index (κ2) is 9.99. The summed E-state index contributed by atoms with van der Waals surface area (Å²) in [6.07, 6.45) is 3.53. The number of carbonyl (C=O) groups excluding carboxylic acids is 1. The quantitative estimate of drug-likeness (QED) is 0.696. The van der Waals surface area contributed by atoms with E-state index in [2.05, 4.69) is 15.5 Å². The minimum absolute atomic E-state index is 0.166. The highest BCUT2D eigenvalue weighted by atomic mass is 16.5. The summed E-state index contributed by atoms with van der Waals surface area (Å²) in [6, 6.07) is 11.3. The number of hydrogen-bond acceptors (Lipinski definition) is 5. The smallest absolute Gasteiger partial charge is 0.319 e. The van der Waals surface area contributed by atoms with E-state index in [1.54, 1.807) is 13.4 Å². The van der Waals surface area contributed by atoms with Gasteiger partial charge in [0.15, 0.2) is 0 Å². The normalized spacial score (nSPS) is 15.4. The van der Waals surface area contributed by atoms with E-state index in [1.807, 2.05) is 36.4 Å². The van der Waals surface area contributed by atoms with Crippen LogP contribution >= 0.6 is 0 Å². The molecule has 0 bridgehead atoms. The maximum absolute atomic E-state index is 12.4. The molecule has 7 heteroatoms. The highest BCUT2D eigenvalue weighted by Crippen LogP contribution is 2.23. The molecule has 1 aromatic heterocycles. The van der Waals surface area contributed by atoms with E-state index < -0.39 is 0 Å². The van der Waals surface area contributed by atoms with Crippen molar-refractivity contribution < 1.29 is 18.7 Å². The summed E-state index contributed by atoms with van der Waals surface area (Å²) in [5.41, 5.74) is 0.654. The van der Waals surface area contributed by atoms with Crippen molar-refractivity contribution in [2.45, 2.75) is 25.4 Å². The maximum Gasteiger partial charge on any atom is 0.319 e. The molecule has 1 fully saturated rings. The largest absolute Gasteiger partial charge is 0.489 e. The molecule has 1 aliphatic rings. The fourth-order valence-corrected chi connectivity index (χ4v) is 3.13. The molecule has 7 nitrogen and oxygen atoms in total. The van der Waals surface area contributed by atoms with Gasteiger partial charge in [-0.2, -0.15) is 0 Å². The van der Waals surface area contributed by atoms with Crippen molar-refractivity contribution in [3.05, 3.63) is 48.4 Å². The van der Waals surface area contributed by atoms with Crippen molar-refractivity contribution in [2.24, 2.45) is 0 Å². The predicted molar refractivity (Wildman–Crippen MR) is 103 cm³/mol. The Morgan fingerprint density at radius 3 is 2.74 bits per heavy atom. The Morgan fingerprint density at radius 1 is 1.19 bits per heavy atom.